The van der Waals surface area contributed by atoms with E-state index in [1.807, 2.05) is 0 Å². The molecule has 0 aliphatic rings. The summed E-state index contributed by atoms with van der Waals surface area (Å²) in [6.07, 6.45) is -15.6. The van der Waals surface area contributed by atoms with Gasteiger partial charge >= 0.3 is 31.5 Å². The van der Waals surface area contributed by atoms with Gasteiger partial charge in [-0.15, -0.1) is 0 Å². The summed E-state index contributed by atoms with van der Waals surface area (Å²) in [5.74, 6) is -29.4. The highest BCUT2D eigenvalue weighted by Gasteiger charge is 2.85. The third-order valence-electron chi connectivity index (χ3n) is 2.31. The molecule has 0 radical (unpaired) electrons. The van der Waals surface area contributed by atoms with Gasteiger partial charge in [0.15, 0.2) is 0 Å². The van der Waals surface area contributed by atoms with Gasteiger partial charge in [0.1, 0.15) is 0 Å². The molecule has 0 aromatic rings. The number of hydrogen-bond donors (Lipinski definition) is 3. The van der Waals surface area contributed by atoms with Crippen LogP contribution >= 0.6 is 7.82 Å². The average Bonchev–Trinajstić information content (AvgIpc) is 2.34. The molecule has 0 aromatic heterocycles. The molecule has 5 nitrogen and oxygen atoms in total. The smallest absolute Gasteiger partial charge is 0.344 e. The van der Waals surface area contributed by atoms with E-state index >= 15 is 0 Å². The van der Waals surface area contributed by atoms with Gasteiger partial charge in [-0.3, -0.25) is 0 Å². The fourth-order valence-electron chi connectivity index (χ4n) is 1.08. The summed E-state index contributed by atoms with van der Waals surface area (Å²) in [7, 11) is -6.33. The highest BCUT2D eigenvalue weighted by molar-refractivity contribution is 7.46. The Kier molecular flexibility index (Phi) is 7.89. The summed E-state index contributed by atoms with van der Waals surface area (Å²) in [6, 6.07) is 0. The SMILES string of the molecule is N.O=P(O)(O)OC(F)C(F)(F)C(F)(F)C(F)(F)C(F)(F)C(F)C(F)F. The third-order valence-corrected chi connectivity index (χ3v) is 2.77. The first kappa shape index (κ1) is 26.5. The molecule has 0 fully saturated rings. The van der Waals surface area contributed by atoms with E-state index in [0.717, 1.165) is 0 Å². The molecule has 0 rings (SSSR count). The Morgan fingerprint density at radius 3 is 1.36 bits per heavy atom. The third kappa shape index (κ3) is 4.69. The van der Waals surface area contributed by atoms with E-state index in [1.165, 1.54) is 0 Å². The molecule has 0 aliphatic heterocycles. The van der Waals surface area contributed by atoms with Crippen molar-refractivity contribution in [2.45, 2.75) is 42.6 Å². The summed E-state index contributed by atoms with van der Waals surface area (Å²) in [5.41, 5.74) is 0. The van der Waals surface area contributed by atoms with Gasteiger partial charge in [-0.1, -0.05) is 0 Å². The van der Waals surface area contributed by atoms with E-state index in [-0.39, 0.29) is 6.15 Å². The molecule has 0 saturated heterocycles. The molecule has 0 saturated carbocycles. The first-order valence-corrected chi connectivity index (χ1v) is 6.58. The molecular weight excluding hydrogens is 421 g/mol. The van der Waals surface area contributed by atoms with Crippen LogP contribution in [0.1, 0.15) is 0 Å². The zero-order valence-electron chi connectivity index (χ0n) is 11.1. The van der Waals surface area contributed by atoms with Crippen molar-refractivity contribution in [3.05, 3.63) is 0 Å². The maximum atomic E-state index is 13.0. The predicted octanol–water partition coefficient (Wildman–Crippen LogP) is 3.70. The molecule has 25 heavy (non-hydrogen) atoms. The lowest BCUT2D eigenvalue weighted by Crippen LogP contribution is -2.67. The van der Waals surface area contributed by atoms with Crippen LogP contribution in [0.3, 0.4) is 0 Å². The molecule has 18 heteroatoms. The summed E-state index contributed by atoms with van der Waals surface area (Å²) < 4.78 is 164. The molecular formula is C7H8F12NO4P. The van der Waals surface area contributed by atoms with Crippen LogP contribution in [0, 0.1) is 0 Å². The number of alkyl halides is 12. The van der Waals surface area contributed by atoms with E-state index in [4.69, 9.17) is 9.79 Å². The highest BCUT2D eigenvalue weighted by atomic mass is 31.2. The lowest BCUT2D eigenvalue weighted by atomic mass is 9.95. The van der Waals surface area contributed by atoms with Crippen LogP contribution < -0.4 is 6.15 Å². The molecule has 2 unspecified atom stereocenters. The lowest BCUT2D eigenvalue weighted by Gasteiger charge is -2.38. The van der Waals surface area contributed by atoms with Crippen LogP contribution in [0.5, 0.6) is 0 Å². The maximum Gasteiger partial charge on any atom is 0.472 e. The van der Waals surface area contributed by atoms with Crippen molar-refractivity contribution in [3.8, 4) is 0 Å². The first-order valence-electron chi connectivity index (χ1n) is 5.05. The largest absolute Gasteiger partial charge is 0.472 e. The first-order chi connectivity index (χ1) is 10.2. The predicted molar refractivity (Wildman–Crippen MR) is 53.7 cm³/mol. The fraction of sp³-hybridized carbons (Fsp3) is 1.00. The van der Waals surface area contributed by atoms with Gasteiger partial charge in [-0.25, -0.2) is 26.7 Å². The zero-order chi connectivity index (χ0) is 19.9. The van der Waals surface area contributed by atoms with E-state index in [1.54, 1.807) is 0 Å². The van der Waals surface area contributed by atoms with Gasteiger partial charge in [0.05, 0.1) is 0 Å². The second kappa shape index (κ2) is 7.46. The minimum absolute atomic E-state index is 0. The zero-order valence-corrected chi connectivity index (χ0v) is 12.0. The van der Waals surface area contributed by atoms with Crippen molar-refractivity contribution < 1.29 is 71.6 Å². The summed E-state index contributed by atoms with van der Waals surface area (Å²) >= 11 is 0. The van der Waals surface area contributed by atoms with Crippen molar-refractivity contribution in [2.24, 2.45) is 0 Å². The van der Waals surface area contributed by atoms with Crippen molar-refractivity contribution in [2.75, 3.05) is 0 Å². The van der Waals surface area contributed by atoms with Crippen molar-refractivity contribution >= 4 is 7.82 Å². The van der Waals surface area contributed by atoms with Crippen LogP contribution in [-0.2, 0) is 9.09 Å². The second-order valence-corrected chi connectivity index (χ2v) is 5.23. The number of phosphoric acid groups is 1. The molecule has 0 aliphatic carbocycles. The van der Waals surface area contributed by atoms with Gasteiger partial charge < -0.3 is 15.9 Å². The maximum absolute atomic E-state index is 13.0. The Morgan fingerprint density at radius 1 is 0.760 bits per heavy atom. The van der Waals surface area contributed by atoms with E-state index in [0.29, 0.717) is 0 Å². The minimum Gasteiger partial charge on any atom is -0.344 e. The standard InChI is InChI=1S/C7H5F12O4P.H3N/c8-1(2(9)10)4(12,13)6(16,17)7(18,19)5(14,15)3(11)23-24(20,21)22;/h1-3H,(H2,20,21,22);1H3. The topological polar surface area (TPSA) is 102 Å². The molecule has 0 heterocycles. The van der Waals surface area contributed by atoms with Gasteiger partial charge in [0.2, 0.25) is 6.17 Å². The van der Waals surface area contributed by atoms with E-state index in [2.05, 4.69) is 4.52 Å². The van der Waals surface area contributed by atoms with Crippen LogP contribution in [0.15, 0.2) is 0 Å². The Labute approximate surface area is 129 Å². The van der Waals surface area contributed by atoms with Crippen molar-refractivity contribution in [3.63, 3.8) is 0 Å². The normalized spacial score (nSPS) is 17.2. The molecule has 0 amide bonds. The van der Waals surface area contributed by atoms with Crippen LogP contribution in [0.25, 0.3) is 0 Å². The number of rotatable bonds is 8. The Hall–Kier alpha value is -0.770. The number of phosphoric ester groups is 1. The molecule has 0 spiro atoms. The summed E-state index contributed by atoms with van der Waals surface area (Å²) in [5, 5.41) is 0. The highest BCUT2D eigenvalue weighted by Crippen LogP contribution is 2.57. The molecule has 0 bridgehead atoms. The Morgan fingerprint density at radius 2 is 1.08 bits per heavy atom. The lowest BCUT2D eigenvalue weighted by molar-refractivity contribution is -0.398. The van der Waals surface area contributed by atoms with E-state index in [9.17, 15) is 57.3 Å². The Balaban J connectivity index is 0. The van der Waals surface area contributed by atoms with Crippen molar-refractivity contribution in [1.82, 2.24) is 6.15 Å². The quantitative estimate of drug-likeness (QED) is 0.404. The molecule has 2 atom stereocenters. The average molecular weight is 429 g/mol. The van der Waals surface area contributed by atoms with Crippen LogP contribution in [-0.4, -0.2) is 52.4 Å². The van der Waals surface area contributed by atoms with Crippen LogP contribution in [0.2, 0.25) is 0 Å². The van der Waals surface area contributed by atoms with Gasteiger partial charge in [0.25, 0.3) is 12.8 Å². The molecule has 5 N–H and O–H groups in total. The monoisotopic (exact) mass is 429 g/mol. The van der Waals surface area contributed by atoms with Gasteiger partial charge in [0, 0.05) is 0 Å². The van der Waals surface area contributed by atoms with Gasteiger partial charge in [-0.2, -0.15) is 35.1 Å². The minimum atomic E-state index is -7.61. The summed E-state index contributed by atoms with van der Waals surface area (Å²) in [4.78, 5) is 15.8. The number of halogens is 12. The number of hydrogen-bond acceptors (Lipinski definition) is 3. The Bertz CT molecular complexity index is 496. The summed E-state index contributed by atoms with van der Waals surface area (Å²) in [6.45, 7) is 0. The molecule has 154 valence electrons. The second-order valence-electron chi connectivity index (χ2n) is 4.04. The molecule has 0 aromatic carbocycles. The van der Waals surface area contributed by atoms with Crippen LogP contribution in [0.4, 0.5) is 52.7 Å². The van der Waals surface area contributed by atoms with Crippen molar-refractivity contribution in [1.29, 1.82) is 0 Å². The fourth-order valence-corrected chi connectivity index (χ4v) is 1.45. The van der Waals surface area contributed by atoms with E-state index < -0.39 is 50.5 Å². The van der Waals surface area contributed by atoms with Gasteiger partial charge in [-0.05, 0) is 0 Å².